The van der Waals surface area contributed by atoms with Gasteiger partial charge in [-0.2, -0.15) is 0 Å². The molecule has 0 atom stereocenters. The normalized spacial score (nSPS) is 10.1. The Kier molecular flexibility index (Phi) is 2.10. The fraction of sp³-hybridized carbons (Fsp3) is 0. The van der Waals surface area contributed by atoms with Gasteiger partial charge in [0.05, 0.1) is 18.1 Å². The zero-order chi connectivity index (χ0) is 9.97. The van der Waals surface area contributed by atoms with Crippen molar-refractivity contribution in [2.24, 2.45) is 0 Å². The summed E-state index contributed by atoms with van der Waals surface area (Å²) in [5.41, 5.74) is 0.850. The second-order valence-electron chi connectivity index (χ2n) is 2.76. The van der Waals surface area contributed by atoms with Crippen molar-refractivity contribution in [3.63, 3.8) is 0 Å². The van der Waals surface area contributed by atoms with Gasteiger partial charge in [0.2, 0.25) is 0 Å². The Hall–Kier alpha value is -1.97. The minimum Gasteiger partial charge on any atom is -0.506 e. The maximum absolute atomic E-state index is 13.2. The summed E-state index contributed by atoms with van der Waals surface area (Å²) < 4.78 is 13.2. The summed E-state index contributed by atoms with van der Waals surface area (Å²) in [5.74, 6) is -0.367. The van der Waals surface area contributed by atoms with Crippen molar-refractivity contribution < 1.29 is 9.50 Å². The van der Waals surface area contributed by atoms with Gasteiger partial charge < -0.3 is 5.11 Å². The van der Waals surface area contributed by atoms with Gasteiger partial charge in [-0.25, -0.2) is 4.39 Å². The van der Waals surface area contributed by atoms with Gasteiger partial charge in [-0.15, -0.1) is 0 Å². The van der Waals surface area contributed by atoms with Crippen LogP contribution in [0.5, 0.6) is 5.75 Å². The molecule has 0 spiro atoms. The maximum Gasteiger partial charge on any atom is 0.150 e. The van der Waals surface area contributed by atoms with Crippen LogP contribution in [0.25, 0.3) is 11.3 Å². The molecule has 3 nitrogen and oxygen atoms in total. The summed E-state index contributed by atoms with van der Waals surface area (Å²) in [6.07, 6.45) is 3.89. The zero-order valence-electron chi connectivity index (χ0n) is 7.18. The Labute approximate surface area is 79.9 Å². The molecule has 0 saturated heterocycles. The van der Waals surface area contributed by atoms with Crippen molar-refractivity contribution >= 4 is 0 Å². The lowest BCUT2D eigenvalue weighted by Crippen LogP contribution is -1.87. The van der Waals surface area contributed by atoms with E-state index < -0.39 is 5.82 Å². The molecule has 0 aliphatic carbocycles. The third-order valence-electron chi connectivity index (χ3n) is 1.80. The Bertz CT molecular complexity index is 442. The quantitative estimate of drug-likeness (QED) is 0.747. The third-order valence-corrected chi connectivity index (χ3v) is 1.80. The van der Waals surface area contributed by atoms with Crippen LogP contribution in [0.4, 0.5) is 4.39 Å². The maximum atomic E-state index is 13.2. The van der Waals surface area contributed by atoms with E-state index in [2.05, 4.69) is 9.97 Å². The van der Waals surface area contributed by atoms with E-state index in [0.29, 0.717) is 11.3 Å². The van der Waals surface area contributed by atoms with Gasteiger partial charge in [0.1, 0.15) is 5.75 Å². The Morgan fingerprint density at radius 2 is 2.00 bits per heavy atom. The highest BCUT2D eigenvalue weighted by molar-refractivity contribution is 5.59. The largest absolute Gasteiger partial charge is 0.506 e. The molecule has 0 saturated carbocycles. The lowest BCUT2D eigenvalue weighted by molar-refractivity contribution is 0.473. The first-order valence-electron chi connectivity index (χ1n) is 4.02. The molecule has 0 radical (unpaired) electrons. The first-order chi connectivity index (χ1) is 6.77. The molecule has 14 heavy (non-hydrogen) atoms. The van der Waals surface area contributed by atoms with Crippen molar-refractivity contribution in [3.05, 3.63) is 42.6 Å². The number of nitrogens with zero attached hydrogens (tertiary/aromatic N) is 2. The number of aromatic nitrogens is 2. The fourth-order valence-electron chi connectivity index (χ4n) is 1.13. The van der Waals surface area contributed by atoms with Crippen LogP contribution in [-0.4, -0.2) is 15.1 Å². The van der Waals surface area contributed by atoms with Crippen molar-refractivity contribution in [2.45, 2.75) is 0 Å². The minimum absolute atomic E-state index is 0.0585. The molecule has 2 rings (SSSR count). The zero-order valence-corrected chi connectivity index (χ0v) is 7.18. The third kappa shape index (κ3) is 1.54. The monoisotopic (exact) mass is 190 g/mol. The first-order valence-corrected chi connectivity index (χ1v) is 4.02. The van der Waals surface area contributed by atoms with Gasteiger partial charge in [-0.1, -0.05) is 0 Å². The molecule has 1 N–H and O–H groups in total. The van der Waals surface area contributed by atoms with Crippen LogP contribution in [0, 0.1) is 5.82 Å². The summed E-state index contributed by atoms with van der Waals surface area (Å²) in [6, 6.07) is 4.55. The van der Waals surface area contributed by atoms with E-state index in [1.54, 1.807) is 6.07 Å². The number of halogens is 1. The second-order valence-corrected chi connectivity index (χ2v) is 2.76. The molecule has 4 heteroatoms. The van der Waals surface area contributed by atoms with E-state index in [-0.39, 0.29) is 5.75 Å². The molecule has 0 fully saturated rings. The summed E-state index contributed by atoms with van der Waals surface area (Å²) in [6.45, 7) is 0. The van der Waals surface area contributed by atoms with Crippen LogP contribution in [0.1, 0.15) is 0 Å². The van der Waals surface area contributed by atoms with E-state index in [4.69, 9.17) is 5.11 Å². The van der Waals surface area contributed by atoms with E-state index >= 15 is 0 Å². The molecule has 2 heterocycles. The molecule has 0 unspecified atom stereocenters. The number of aromatic hydroxyl groups is 1. The molecule has 70 valence electrons. The van der Waals surface area contributed by atoms with Crippen LogP contribution in [0.3, 0.4) is 0 Å². The van der Waals surface area contributed by atoms with Gasteiger partial charge >= 0.3 is 0 Å². The smallest absolute Gasteiger partial charge is 0.150 e. The highest BCUT2D eigenvalue weighted by Crippen LogP contribution is 2.20. The number of pyridine rings is 2. The van der Waals surface area contributed by atoms with Gasteiger partial charge in [-0.05, 0) is 18.2 Å². The molecular weight excluding hydrogens is 183 g/mol. The lowest BCUT2D eigenvalue weighted by Gasteiger charge is -2.00. The summed E-state index contributed by atoms with van der Waals surface area (Å²) in [7, 11) is 0. The van der Waals surface area contributed by atoms with Crippen LogP contribution in [0.2, 0.25) is 0 Å². The van der Waals surface area contributed by atoms with Crippen LogP contribution in [-0.2, 0) is 0 Å². The summed E-state index contributed by atoms with van der Waals surface area (Å²) >= 11 is 0. The van der Waals surface area contributed by atoms with Crippen molar-refractivity contribution in [1.82, 2.24) is 9.97 Å². The predicted octanol–water partition coefficient (Wildman–Crippen LogP) is 1.99. The molecule has 0 aliphatic rings. The first kappa shape index (κ1) is 8.62. The van der Waals surface area contributed by atoms with Crippen molar-refractivity contribution in [3.8, 4) is 17.0 Å². The molecule has 0 bridgehead atoms. The lowest BCUT2D eigenvalue weighted by atomic mass is 10.2. The van der Waals surface area contributed by atoms with Crippen molar-refractivity contribution in [1.29, 1.82) is 0 Å². The Morgan fingerprint density at radius 1 is 1.14 bits per heavy atom. The number of rotatable bonds is 1. The average molecular weight is 190 g/mol. The highest BCUT2D eigenvalue weighted by atomic mass is 19.1. The predicted molar refractivity (Wildman–Crippen MR) is 49.1 cm³/mol. The van der Waals surface area contributed by atoms with Gasteiger partial charge in [-0.3, -0.25) is 9.97 Å². The van der Waals surface area contributed by atoms with Gasteiger partial charge in [0, 0.05) is 11.8 Å². The SMILES string of the molecule is Oc1ccc(-c2ccncc2F)nc1. The summed E-state index contributed by atoms with van der Waals surface area (Å²) in [4.78, 5) is 7.53. The topological polar surface area (TPSA) is 46.0 Å². The van der Waals surface area contributed by atoms with Crippen LogP contribution in [0.15, 0.2) is 36.8 Å². The van der Waals surface area contributed by atoms with Crippen molar-refractivity contribution in [2.75, 3.05) is 0 Å². The number of hydrogen-bond donors (Lipinski definition) is 1. The number of hydrogen-bond acceptors (Lipinski definition) is 3. The van der Waals surface area contributed by atoms with E-state index in [1.807, 2.05) is 0 Å². The fourth-order valence-corrected chi connectivity index (χ4v) is 1.13. The van der Waals surface area contributed by atoms with Gasteiger partial charge in [0.15, 0.2) is 5.82 Å². The van der Waals surface area contributed by atoms with Crippen LogP contribution < -0.4 is 0 Å². The molecule has 2 aromatic rings. The Balaban J connectivity index is 2.50. The van der Waals surface area contributed by atoms with E-state index in [1.165, 1.54) is 24.5 Å². The minimum atomic E-state index is -0.425. The molecule has 2 aromatic heterocycles. The standard InChI is InChI=1S/C10H7FN2O/c11-9-6-12-4-3-8(9)10-2-1-7(14)5-13-10/h1-6,14H. The molecule has 0 amide bonds. The molecule has 0 aromatic carbocycles. The highest BCUT2D eigenvalue weighted by Gasteiger charge is 2.04. The average Bonchev–Trinajstić information content (AvgIpc) is 2.20. The Morgan fingerprint density at radius 3 is 2.64 bits per heavy atom. The summed E-state index contributed by atoms with van der Waals surface area (Å²) in [5, 5.41) is 9.00. The second kappa shape index (κ2) is 3.41. The van der Waals surface area contributed by atoms with E-state index in [9.17, 15) is 4.39 Å². The molecule has 0 aliphatic heterocycles. The van der Waals surface area contributed by atoms with Gasteiger partial charge in [0.25, 0.3) is 0 Å². The van der Waals surface area contributed by atoms with Crippen LogP contribution >= 0.6 is 0 Å². The molecular formula is C10H7FN2O. The van der Waals surface area contributed by atoms with E-state index in [0.717, 1.165) is 6.20 Å².